The van der Waals surface area contributed by atoms with Crippen LogP contribution in [0.5, 0.6) is 11.5 Å². The maximum absolute atomic E-state index is 12.4. The summed E-state index contributed by atoms with van der Waals surface area (Å²) in [5.41, 5.74) is 5.35. The molecular weight excluding hydrogens is 488 g/mol. The average molecular weight is 511 g/mol. The van der Waals surface area contributed by atoms with E-state index in [9.17, 15) is 19.7 Å². The highest BCUT2D eigenvalue weighted by molar-refractivity contribution is 6.32. The second-order valence-corrected chi connectivity index (χ2v) is 8.10. The van der Waals surface area contributed by atoms with Gasteiger partial charge in [-0.25, -0.2) is 5.43 Å². The number of nitro groups is 1. The van der Waals surface area contributed by atoms with Crippen LogP contribution in [0.15, 0.2) is 59.7 Å². The third-order valence-corrected chi connectivity index (χ3v) is 5.23. The number of aryl methyl sites for hydroxylation is 2. The minimum absolute atomic E-state index is 0.0832. The molecule has 0 bridgehead atoms. The third-order valence-electron chi connectivity index (χ3n) is 4.95. The first kappa shape index (κ1) is 26.2. The monoisotopic (exact) mass is 510 g/mol. The molecule has 3 rings (SSSR count). The molecule has 0 aliphatic rings. The first-order valence-electron chi connectivity index (χ1n) is 10.6. The number of nitrogens with one attached hydrogen (secondary N) is 2. The van der Waals surface area contributed by atoms with Crippen molar-refractivity contribution in [1.82, 2.24) is 5.43 Å². The van der Waals surface area contributed by atoms with Gasteiger partial charge in [0.25, 0.3) is 17.5 Å². The van der Waals surface area contributed by atoms with Gasteiger partial charge in [-0.3, -0.25) is 19.7 Å². The first-order valence-corrected chi connectivity index (χ1v) is 11.0. The molecule has 0 radical (unpaired) electrons. The van der Waals surface area contributed by atoms with E-state index in [2.05, 4.69) is 15.8 Å². The normalized spacial score (nSPS) is 10.7. The van der Waals surface area contributed by atoms with Crippen molar-refractivity contribution in [3.63, 3.8) is 0 Å². The van der Waals surface area contributed by atoms with Crippen LogP contribution in [0.2, 0.25) is 5.02 Å². The Bertz CT molecular complexity index is 1340. The minimum atomic E-state index is -0.622. The van der Waals surface area contributed by atoms with Crippen molar-refractivity contribution < 1.29 is 24.0 Å². The molecule has 11 heteroatoms. The van der Waals surface area contributed by atoms with E-state index in [1.54, 1.807) is 6.07 Å². The third kappa shape index (κ3) is 6.80. The molecular formula is C25H23ClN4O6. The van der Waals surface area contributed by atoms with Gasteiger partial charge in [-0.1, -0.05) is 35.4 Å². The predicted molar refractivity (Wildman–Crippen MR) is 136 cm³/mol. The zero-order valence-electron chi connectivity index (χ0n) is 19.7. The van der Waals surface area contributed by atoms with Gasteiger partial charge < -0.3 is 14.8 Å². The highest BCUT2D eigenvalue weighted by atomic mass is 35.5. The number of nitrogens with zero attached hydrogens (tertiary/aromatic N) is 2. The smallest absolute Gasteiger partial charge is 0.271 e. The van der Waals surface area contributed by atoms with Crippen LogP contribution in [-0.4, -0.2) is 36.7 Å². The summed E-state index contributed by atoms with van der Waals surface area (Å²) in [6.45, 7) is 3.57. The van der Waals surface area contributed by atoms with Crippen LogP contribution in [-0.2, 0) is 4.79 Å². The Balaban J connectivity index is 1.64. The predicted octanol–water partition coefficient (Wildman–Crippen LogP) is 4.66. The van der Waals surface area contributed by atoms with Gasteiger partial charge in [-0.2, -0.15) is 5.10 Å². The van der Waals surface area contributed by atoms with Crippen molar-refractivity contribution >= 4 is 41.0 Å². The molecule has 2 N–H and O–H groups in total. The van der Waals surface area contributed by atoms with E-state index >= 15 is 0 Å². The number of carbonyl (C=O) groups excluding carboxylic acids is 2. The van der Waals surface area contributed by atoms with E-state index in [0.29, 0.717) is 11.3 Å². The van der Waals surface area contributed by atoms with Crippen LogP contribution < -0.4 is 20.2 Å². The quantitative estimate of drug-likeness (QED) is 0.244. The fourth-order valence-corrected chi connectivity index (χ4v) is 3.50. The van der Waals surface area contributed by atoms with Gasteiger partial charge in [-0.15, -0.1) is 0 Å². The van der Waals surface area contributed by atoms with Crippen molar-refractivity contribution in [1.29, 1.82) is 0 Å². The molecule has 0 aliphatic carbocycles. The summed E-state index contributed by atoms with van der Waals surface area (Å²) in [7, 11) is 1.42. The number of halogens is 1. The SMILES string of the molecule is COc1cc(/C=N/NC(=O)c2cccc([N+](=O)[O-])c2)cc(Cl)c1OCC(=O)Nc1ccc(C)cc1C. The Morgan fingerprint density at radius 2 is 1.92 bits per heavy atom. The Labute approximate surface area is 212 Å². The number of methoxy groups -OCH3 is 1. The molecule has 0 saturated heterocycles. The molecule has 0 atom stereocenters. The van der Waals surface area contributed by atoms with E-state index < -0.39 is 10.8 Å². The largest absolute Gasteiger partial charge is 0.493 e. The molecule has 10 nitrogen and oxygen atoms in total. The lowest BCUT2D eigenvalue weighted by molar-refractivity contribution is -0.384. The number of non-ortho nitro benzene ring substituents is 1. The van der Waals surface area contributed by atoms with Crippen LogP contribution in [0.25, 0.3) is 0 Å². The number of hydrazone groups is 1. The number of benzene rings is 3. The van der Waals surface area contributed by atoms with Crippen LogP contribution in [0, 0.1) is 24.0 Å². The molecule has 186 valence electrons. The Morgan fingerprint density at radius 3 is 2.61 bits per heavy atom. The first-order chi connectivity index (χ1) is 17.2. The molecule has 0 fully saturated rings. The van der Waals surface area contributed by atoms with Crippen molar-refractivity contribution in [2.24, 2.45) is 5.10 Å². The van der Waals surface area contributed by atoms with E-state index in [0.717, 1.165) is 17.2 Å². The number of nitro benzene ring substituents is 1. The molecule has 3 aromatic carbocycles. The number of rotatable bonds is 9. The summed E-state index contributed by atoms with van der Waals surface area (Å²) in [4.78, 5) is 34.9. The van der Waals surface area contributed by atoms with Crippen LogP contribution in [0.1, 0.15) is 27.0 Å². The fourth-order valence-electron chi connectivity index (χ4n) is 3.22. The molecule has 3 aromatic rings. The number of hydrogen-bond donors (Lipinski definition) is 2. The van der Waals surface area contributed by atoms with Gasteiger partial charge in [-0.05, 0) is 49.2 Å². The Kier molecular flexibility index (Phi) is 8.58. The van der Waals surface area contributed by atoms with Crippen molar-refractivity contribution in [2.75, 3.05) is 19.0 Å². The molecule has 0 heterocycles. The number of carbonyl (C=O) groups is 2. The van der Waals surface area contributed by atoms with Gasteiger partial charge >= 0.3 is 0 Å². The average Bonchev–Trinajstić information content (AvgIpc) is 2.84. The summed E-state index contributed by atoms with van der Waals surface area (Å²) >= 11 is 6.33. The molecule has 2 amide bonds. The lowest BCUT2D eigenvalue weighted by Gasteiger charge is -2.14. The number of amides is 2. The summed E-state index contributed by atoms with van der Waals surface area (Å²) < 4.78 is 10.9. The van der Waals surface area contributed by atoms with E-state index in [4.69, 9.17) is 21.1 Å². The number of anilines is 1. The molecule has 0 unspecified atom stereocenters. The van der Waals surface area contributed by atoms with Crippen molar-refractivity contribution in [3.05, 3.63) is 92.0 Å². The highest BCUT2D eigenvalue weighted by Crippen LogP contribution is 2.36. The van der Waals surface area contributed by atoms with Gasteiger partial charge in [0.15, 0.2) is 18.1 Å². The molecule has 0 aromatic heterocycles. The summed E-state index contributed by atoms with van der Waals surface area (Å²) in [5.74, 6) is -0.557. The zero-order chi connectivity index (χ0) is 26.2. The molecule has 36 heavy (non-hydrogen) atoms. The molecule has 0 aliphatic heterocycles. The van der Waals surface area contributed by atoms with E-state index in [-0.39, 0.29) is 40.3 Å². The maximum atomic E-state index is 12.4. The highest BCUT2D eigenvalue weighted by Gasteiger charge is 2.15. The summed E-state index contributed by atoms with van der Waals surface area (Å²) in [5, 5.41) is 17.7. The van der Waals surface area contributed by atoms with Gasteiger partial charge in [0, 0.05) is 23.4 Å². The second-order valence-electron chi connectivity index (χ2n) is 7.70. The van der Waals surface area contributed by atoms with Crippen LogP contribution >= 0.6 is 11.6 Å². The minimum Gasteiger partial charge on any atom is -0.493 e. The topological polar surface area (TPSA) is 132 Å². The summed E-state index contributed by atoms with van der Waals surface area (Å²) in [6.07, 6.45) is 1.32. The van der Waals surface area contributed by atoms with Crippen LogP contribution in [0.4, 0.5) is 11.4 Å². The van der Waals surface area contributed by atoms with Gasteiger partial charge in [0.05, 0.1) is 23.3 Å². The number of ether oxygens (including phenoxy) is 2. The maximum Gasteiger partial charge on any atom is 0.271 e. The van der Waals surface area contributed by atoms with E-state index in [1.165, 1.54) is 37.6 Å². The second kappa shape index (κ2) is 11.8. The van der Waals surface area contributed by atoms with Gasteiger partial charge in [0.2, 0.25) is 0 Å². The molecule has 0 spiro atoms. The standard InChI is InChI=1S/C25H23ClN4O6/c1-15-7-8-21(16(2)9-15)28-23(31)14-36-24-20(26)10-17(11-22(24)35-3)13-27-29-25(32)18-5-4-6-19(12-18)30(33)34/h4-13H,14H2,1-3H3,(H,28,31)(H,29,32)/b27-13+. The molecule has 0 saturated carbocycles. The Hall–Kier alpha value is -4.44. The van der Waals surface area contributed by atoms with Crippen LogP contribution in [0.3, 0.4) is 0 Å². The lowest BCUT2D eigenvalue weighted by Crippen LogP contribution is -2.21. The van der Waals surface area contributed by atoms with Crippen molar-refractivity contribution in [2.45, 2.75) is 13.8 Å². The van der Waals surface area contributed by atoms with Crippen molar-refractivity contribution in [3.8, 4) is 11.5 Å². The lowest BCUT2D eigenvalue weighted by atomic mass is 10.1. The zero-order valence-corrected chi connectivity index (χ0v) is 20.5. The Morgan fingerprint density at radius 1 is 1.14 bits per heavy atom. The summed E-state index contributed by atoms with van der Waals surface area (Å²) in [6, 6.07) is 14.0. The number of hydrogen-bond acceptors (Lipinski definition) is 7. The van der Waals surface area contributed by atoms with E-state index in [1.807, 2.05) is 32.0 Å². The fraction of sp³-hybridized carbons (Fsp3) is 0.160. The van der Waals surface area contributed by atoms with Gasteiger partial charge in [0.1, 0.15) is 0 Å².